The van der Waals surface area contributed by atoms with E-state index in [1.54, 1.807) is 0 Å². The maximum atomic E-state index is 10.3. The van der Waals surface area contributed by atoms with Crippen LogP contribution in [0.4, 0.5) is 0 Å². The summed E-state index contributed by atoms with van der Waals surface area (Å²) in [5.74, 6) is 0. The molecule has 0 bridgehead atoms. The van der Waals surface area contributed by atoms with E-state index in [4.69, 9.17) is 11.6 Å². The Kier molecular flexibility index (Phi) is 3.76. The van der Waals surface area contributed by atoms with Crippen LogP contribution in [0.15, 0.2) is 18.2 Å². The molecule has 3 heteroatoms. The van der Waals surface area contributed by atoms with Crippen LogP contribution in [0.1, 0.15) is 30.9 Å². The maximum Gasteiger partial charge on any atom is 0.0784 e. The van der Waals surface area contributed by atoms with Crippen molar-refractivity contribution in [1.29, 1.82) is 0 Å². The molecule has 2 rings (SSSR count). The van der Waals surface area contributed by atoms with E-state index in [9.17, 15) is 5.11 Å². The van der Waals surface area contributed by atoms with Crippen LogP contribution in [0.5, 0.6) is 0 Å². The van der Waals surface area contributed by atoms with Crippen molar-refractivity contribution in [2.75, 3.05) is 6.54 Å². The first kappa shape index (κ1) is 12.9. The molecule has 1 aromatic rings. The van der Waals surface area contributed by atoms with Crippen molar-refractivity contribution in [3.8, 4) is 0 Å². The molecule has 1 unspecified atom stereocenters. The van der Waals surface area contributed by atoms with Crippen LogP contribution in [0.3, 0.4) is 0 Å². The van der Waals surface area contributed by atoms with Gasteiger partial charge in [0.15, 0.2) is 0 Å². The monoisotopic (exact) mass is 253 g/mol. The minimum Gasteiger partial charge on any atom is -0.389 e. The first-order chi connectivity index (χ1) is 7.96. The lowest BCUT2D eigenvalue weighted by Gasteiger charge is -2.24. The third-order valence-electron chi connectivity index (χ3n) is 3.13. The molecule has 1 aromatic carbocycles. The van der Waals surface area contributed by atoms with Gasteiger partial charge < -0.3 is 10.4 Å². The third kappa shape index (κ3) is 3.98. The van der Waals surface area contributed by atoms with Crippen LogP contribution >= 0.6 is 11.6 Å². The second-order valence-corrected chi connectivity index (χ2v) is 5.83. The molecule has 1 aliphatic rings. The number of rotatable bonds is 5. The summed E-state index contributed by atoms with van der Waals surface area (Å²) in [6.07, 6.45) is 3.06. The van der Waals surface area contributed by atoms with Crippen molar-refractivity contribution >= 4 is 11.6 Å². The Morgan fingerprint density at radius 1 is 1.47 bits per heavy atom. The highest BCUT2D eigenvalue weighted by Crippen LogP contribution is 2.24. The van der Waals surface area contributed by atoms with E-state index in [2.05, 4.69) is 5.32 Å². The van der Waals surface area contributed by atoms with E-state index in [1.807, 2.05) is 32.0 Å². The molecule has 0 aliphatic heterocycles. The summed E-state index contributed by atoms with van der Waals surface area (Å²) in [6.45, 7) is 4.50. The minimum atomic E-state index is -0.735. The van der Waals surface area contributed by atoms with Gasteiger partial charge in [0.05, 0.1) is 5.60 Å². The predicted octanol–water partition coefficient (Wildman–Crippen LogP) is 2.69. The Hall–Kier alpha value is -0.570. The molecule has 0 amide bonds. The normalized spacial score (nSPS) is 19.1. The molecule has 1 atom stereocenters. The fraction of sp³-hybridized carbons (Fsp3) is 0.571. The van der Waals surface area contributed by atoms with Crippen LogP contribution in [0, 0.1) is 6.92 Å². The molecule has 2 nitrogen and oxygen atoms in total. The molecule has 17 heavy (non-hydrogen) atoms. The lowest BCUT2D eigenvalue weighted by Crippen LogP contribution is -2.40. The fourth-order valence-electron chi connectivity index (χ4n) is 1.92. The van der Waals surface area contributed by atoms with Crippen LogP contribution in [-0.2, 0) is 6.42 Å². The van der Waals surface area contributed by atoms with Gasteiger partial charge in [-0.3, -0.25) is 0 Å². The van der Waals surface area contributed by atoms with E-state index in [0.29, 0.717) is 19.0 Å². The summed E-state index contributed by atoms with van der Waals surface area (Å²) in [4.78, 5) is 0. The topological polar surface area (TPSA) is 32.3 Å². The van der Waals surface area contributed by atoms with Gasteiger partial charge >= 0.3 is 0 Å². The molecule has 0 spiro atoms. The number of halogens is 1. The zero-order chi connectivity index (χ0) is 12.5. The zero-order valence-corrected chi connectivity index (χ0v) is 11.2. The molecule has 94 valence electrons. The van der Waals surface area contributed by atoms with Crippen LogP contribution in [-0.4, -0.2) is 23.3 Å². The van der Waals surface area contributed by atoms with Crippen LogP contribution in [0.25, 0.3) is 0 Å². The van der Waals surface area contributed by atoms with Gasteiger partial charge in [0.25, 0.3) is 0 Å². The van der Waals surface area contributed by atoms with Gasteiger partial charge in [-0.25, -0.2) is 0 Å². The Labute approximate surface area is 108 Å². The highest BCUT2D eigenvalue weighted by atomic mass is 35.5. The first-order valence-electron chi connectivity index (χ1n) is 6.17. The summed E-state index contributed by atoms with van der Waals surface area (Å²) >= 11 is 6.18. The van der Waals surface area contributed by atoms with Crippen molar-refractivity contribution in [2.45, 2.75) is 44.8 Å². The second kappa shape index (κ2) is 4.97. The predicted molar refractivity (Wildman–Crippen MR) is 71.5 cm³/mol. The second-order valence-electron chi connectivity index (χ2n) is 5.42. The van der Waals surface area contributed by atoms with E-state index >= 15 is 0 Å². The van der Waals surface area contributed by atoms with E-state index in [-0.39, 0.29) is 0 Å². The molecular weight excluding hydrogens is 234 g/mol. The summed E-state index contributed by atoms with van der Waals surface area (Å²) in [5, 5.41) is 14.4. The number of hydrogen-bond acceptors (Lipinski definition) is 2. The summed E-state index contributed by atoms with van der Waals surface area (Å²) < 4.78 is 0. The smallest absolute Gasteiger partial charge is 0.0784 e. The molecule has 2 N–H and O–H groups in total. The number of nitrogens with one attached hydrogen (secondary N) is 1. The Morgan fingerprint density at radius 3 is 2.76 bits per heavy atom. The first-order valence-corrected chi connectivity index (χ1v) is 6.55. The van der Waals surface area contributed by atoms with Crippen molar-refractivity contribution in [3.63, 3.8) is 0 Å². The fourth-order valence-corrected chi connectivity index (χ4v) is 2.22. The number of benzene rings is 1. The van der Waals surface area contributed by atoms with Gasteiger partial charge in [0.2, 0.25) is 0 Å². The average Bonchev–Trinajstić information content (AvgIpc) is 3.03. The number of aryl methyl sites for hydroxylation is 1. The standard InChI is InChI=1S/C14H20ClNO/c1-10-3-4-11(13(15)7-10)8-14(2,17)9-16-12-5-6-12/h3-4,7,12,16-17H,5-6,8-9H2,1-2H3. The van der Waals surface area contributed by atoms with E-state index in [1.165, 1.54) is 12.8 Å². The zero-order valence-electron chi connectivity index (χ0n) is 10.5. The lowest BCUT2D eigenvalue weighted by molar-refractivity contribution is 0.0598. The van der Waals surface area contributed by atoms with E-state index in [0.717, 1.165) is 16.1 Å². The molecule has 0 aromatic heterocycles. The van der Waals surface area contributed by atoms with Gasteiger partial charge in [0, 0.05) is 24.0 Å². The molecular formula is C14H20ClNO. The average molecular weight is 254 g/mol. The Balaban J connectivity index is 1.97. The Morgan fingerprint density at radius 2 is 2.18 bits per heavy atom. The third-order valence-corrected chi connectivity index (χ3v) is 3.48. The molecule has 1 saturated carbocycles. The quantitative estimate of drug-likeness (QED) is 0.846. The van der Waals surface area contributed by atoms with Gasteiger partial charge in [-0.15, -0.1) is 0 Å². The molecule has 0 radical (unpaired) electrons. The molecule has 0 heterocycles. The summed E-state index contributed by atoms with van der Waals surface area (Å²) in [5.41, 5.74) is 1.43. The van der Waals surface area contributed by atoms with Crippen molar-refractivity contribution < 1.29 is 5.11 Å². The maximum absolute atomic E-state index is 10.3. The van der Waals surface area contributed by atoms with Crippen molar-refractivity contribution in [1.82, 2.24) is 5.32 Å². The number of aliphatic hydroxyl groups is 1. The highest BCUT2D eigenvalue weighted by molar-refractivity contribution is 6.31. The lowest BCUT2D eigenvalue weighted by atomic mass is 9.96. The van der Waals surface area contributed by atoms with Crippen LogP contribution < -0.4 is 5.32 Å². The number of hydrogen-bond donors (Lipinski definition) is 2. The SMILES string of the molecule is Cc1ccc(CC(C)(O)CNC2CC2)c(Cl)c1. The van der Waals surface area contributed by atoms with Crippen molar-refractivity contribution in [3.05, 3.63) is 34.3 Å². The molecule has 1 fully saturated rings. The largest absolute Gasteiger partial charge is 0.389 e. The van der Waals surface area contributed by atoms with Gasteiger partial charge in [-0.2, -0.15) is 0 Å². The van der Waals surface area contributed by atoms with E-state index < -0.39 is 5.60 Å². The molecule has 0 saturated heterocycles. The Bertz CT molecular complexity index is 399. The summed E-state index contributed by atoms with van der Waals surface area (Å²) in [6, 6.07) is 6.60. The van der Waals surface area contributed by atoms with Gasteiger partial charge in [-0.1, -0.05) is 23.7 Å². The van der Waals surface area contributed by atoms with Gasteiger partial charge in [0.1, 0.15) is 0 Å². The summed E-state index contributed by atoms with van der Waals surface area (Å²) in [7, 11) is 0. The highest BCUT2D eigenvalue weighted by Gasteiger charge is 2.27. The molecule has 1 aliphatic carbocycles. The van der Waals surface area contributed by atoms with Crippen LogP contribution in [0.2, 0.25) is 5.02 Å². The van der Waals surface area contributed by atoms with Gasteiger partial charge in [-0.05, 0) is 43.9 Å². The minimum absolute atomic E-state index is 0.589. The van der Waals surface area contributed by atoms with Crippen molar-refractivity contribution in [2.24, 2.45) is 0 Å².